The molecule has 0 aliphatic rings. The summed E-state index contributed by atoms with van der Waals surface area (Å²) in [5, 5.41) is 10.3. The van der Waals surface area contributed by atoms with Gasteiger partial charge in [0.2, 0.25) is 0 Å². The molecule has 3 aromatic rings. The van der Waals surface area contributed by atoms with Crippen LogP contribution in [0.15, 0.2) is 42.5 Å². The van der Waals surface area contributed by atoms with Gasteiger partial charge in [-0.15, -0.1) is 3.97 Å². The first kappa shape index (κ1) is 18.3. The summed E-state index contributed by atoms with van der Waals surface area (Å²) in [6.07, 6.45) is 0. The molecule has 8 heteroatoms. The number of halogens is 1. The molecular weight excluding hydrogens is 357 g/mol. The summed E-state index contributed by atoms with van der Waals surface area (Å²) >= 11 is 0. The molecule has 1 aromatic heterocycles. The fourth-order valence-corrected chi connectivity index (χ4v) is 4.04. The van der Waals surface area contributed by atoms with Gasteiger partial charge in [-0.1, -0.05) is 18.2 Å². The van der Waals surface area contributed by atoms with Gasteiger partial charge in [-0.3, -0.25) is 5.73 Å². The molecule has 3 rings (SSSR count). The van der Waals surface area contributed by atoms with Gasteiger partial charge in [-0.2, -0.15) is 8.42 Å². The second kappa shape index (κ2) is 6.07. The van der Waals surface area contributed by atoms with Gasteiger partial charge >= 0.3 is 5.95 Å². The molecule has 0 aliphatic carbocycles. The van der Waals surface area contributed by atoms with Crippen molar-refractivity contribution in [1.29, 1.82) is 0 Å². The molecule has 0 fully saturated rings. The van der Waals surface area contributed by atoms with E-state index in [0.29, 0.717) is 22.2 Å². The SMILES string of the molecule is CC(C)S(=O)(=O)[n+]1c(N)[nH]c2ccc(C(C)(O)c3cccc(F)c3)cc21. The molecule has 0 aliphatic heterocycles. The second-order valence-electron chi connectivity index (χ2n) is 6.68. The zero-order valence-corrected chi connectivity index (χ0v) is 15.5. The smallest absolute Gasteiger partial charge is 0.368 e. The minimum Gasteiger partial charge on any atom is -0.381 e. The predicted octanol–water partition coefficient (Wildman–Crippen LogP) is 2.02. The summed E-state index contributed by atoms with van der Waals surface area (Å²) in [5.74, 6) is -0.483. The summed E-state index contributed by atoms with van der Waals surface area (Å²) < 4.78 is 39.9. The highest BCUT2D eigenvalue weighted by Crippen LogP contribution is 2.31. The van der Waals surface area contributed by atoms with Crippen molar-refractivity contribution in [3.05, 3.63) is 59.4 Å². The molecule has 138 valence electrons. The van der Waals surface area contributed by atoms with E-state index in [0.717, 1.165) is 3.97 Å². The fraction of sp³-hybridized carbons (Fsp3) is 0.278. The van der Waals surface area contributed by atoms with Gasteiger partial charge in [0.1, 0.15) is 16.9 Å². The lowest BCUT2D eigenvalue weighted by atomic mass is 9.88. The topological polar surface area (TPSA) is 100 Å². The van der Waals surface area contributed by atoms with Gasteiger partial charge in [-0.25, -0.2) is 9.37 Å². The number of imidazole rings is 1. The van der Waals surface area contributed by atoms with Gasteiger partial charge in [-0.05, 0) is 56.2 Å². The second-order valence-corrected chi connectivity index (χ2v) is 9.02. The number of nitrogens with one attached hydrogen (secondary N) is 1. The zero-order chi connectivity index (χ0) is 19.3. The van der Waals surface area contributed by atoms with Gasteiger partial charge in [0.25, 0.3) is 10.0 Å². The summed E-state index contributed by atoms with van der Waals surface area (Å²) in [5.41, 5.74) is 5.99. The molecule has 6 nitrogen and oxygen atoms in total. The molecule has 0 amide bonds. The zero-order valence-electron chi connectivity index (χ0n) is 14.7. The van der Waals surface area contributed by atoms with E-state index < -0.39 is 26.7 Å². The number of rotatable bonds is 4. The highest BCUT2D eigenvalue weighted by atomic mass is 32.2. The Morgan fingerprint density at radius 1 is 1.19 bits per heavy atom. The molecule has 0 radical (unpaired) electrons. The van der Waals surface area contributed by atoms with Crippen molar-refractivity contribution < 1.29 is 21.9 Å². The maximum Gasteiger partial charge on any atom is 0.368 e. The number of anilines is 1. The Labute approximate surface area is 151 Å². The first-order valence-corrected chi connectivity index (χ1v) is 9.62. The van der Waals surface area contributed by atoms with Crippen molar-refractivity contribution >= 4 is 27.0 Å². The lowest BCUT2D eigenvalue weighted by Gasteiger charge is -2.24. The molecule has 1 atom stereocenters. The van der Waals surface area contributed by atoms with Crippen molar-refractivity contribution in [2.45, 2.75) is 31.6 Å². The Balaban J connectivity index is 2.24. The Morgan fingerprint density at radius 3 is 2.46 bits per heavy atom. The average Bonchev–Trinajstić information content (AvgIpc) is 2.90. The van der Waals surface area contributed by atoms with Crippen LogP contribution in [0, 0.1) is 5.82 Å². The first-order valence-electron chi connectivity index (χ1n) is 8.11. The minimum absolute atomic E-state index is 0.0174. The van der Waals surface area contributed by atoms with Crippen LogP contribution in [-0.2, 0) is 15.6 Å². The Bertz CT molecular complexity index is 1090. The third-order valence-corrected chi connectivity index (χ3v) is 6.59. The maximum absolute atomic E-state index is 13.6. The lowest BCUT2D eigenvalue weighted by Crippen LogP contribution is -2.48. The quantitative estimate of drug-likeness (QED) is 0.605. The summed E-state index contributed by atoms with van der Waals surface area (Å²) in [7, 11) is -3.71. The lowest BCUT2D eigenvalue weighted by molar-refractivity contribution is -0.464. The monoisotopic (exact) mass is 378 g/mol. The van der Waals surface area contributed by atoms with Gasteiger partial charge < -0.3 is 5.11 Å². The van der Waals surface area contributed by atoms with E-state index in [1.54, 1.807) is 38.1 Å². The van der Waals surface area contributed by atoms with E-state index >= 15 is 0 Å². The van der Waals surface area contributed by atoms with Crippen molar-refractivity contribution in [2.75, 3.05) is 5.73 Å². The molecule has 1 unspecified atom stereocenters. The highest BCUT2D eigenvalue weighted by molar-refractivity contribution is 7.85. The minimum atomic E-state index is -3.71. The molecule has 26 heavy (non-hydrogen) atoms. The molecule has 1 heterocycles. The van der Waals surface area contributed by atoms with Crippen molar-refractivity contribution in [3.63, 3.8) is 0 Å². The largest absolute Gasteiger partial charge is 0.381 e. The average molecular weight is 378 g/mol. The Hall–Kier alpha value is -2.45. The number of benzene rings is 2. The van der Waals surface area contributed by atoms with Crippen molar-refractivity contribution in [3.8, 4) is 0 Å². The number of hydrogen-bond acceptors (Lipinski definition) is 4. The third-order valence-electron chi connectivity index (χ3n) is 4.50. The molecule has 4 N–H and O–H groups in total. The van der Waals surface area contributed by atoms with E-state index in [1.807, 2.05) is 0 Å². The van der Waals surface area contributed by atoms with Crippen LogP contribution in [0.25, 0.3) is 11.0 Å². The maximum atomic E-state index is 13.6. The van der Waals surface area contributed by atoms with E-state index in [4.69, 9.17) is 5.73 Å². The molecular formula is C18H21FN3O3S+. The number of nitrogens with zero attached hydrogens (tertiary/aromatic N) is 1. The highest BCUT2D eigenvalue weighted by Gasteiger charge is 2.32. The predicted molar refractivity (Wildman–Crippen MR) is 97.4 cm³/mol. The molecule has 0 saturated heterocycles. The molecule has 0 saturated carbocycles. The standard InChI is InChI=1S/C18H20FN3O3S/c1-11(2)26(24,25)22-16-10-13(7-8-15(16)21-17(22)20)18(3,23)12-5-4-6-14(19)9-12/h4-11,23H,1-3H3,(H2,20,21)/p+1. The van der Waals surface area contributed by atoms with Crippen LogP contribution in [0.2, 0.25) is 0 Å². The van der Waals surface area contributed by atoms with Crippen molar-refractivity contribution in [1.82, 2.24) is 4.98 Å². The van der Waals surface area contributed by atoms with Gasteiger partial charge in [0.15, 0.2) is 5.52 Å². The fourth-order valence-electron chi connectivity index (χ4n) is 2.87. The first-order chi connectivity index (χ1) is 12.0. The number of hydrogen-bond donors (Lipinski definition) is 3. The molecule has 0 spiro atoms. The number of aromatic nitrogens is 2. The van der Waals surface area contributed by atoms with E-state index in [2.05, 4.69) is 4.98 Å². The molecule has 0 bridgehead atoms. The van der Waals surface area contributed by atoms with Crippen LogP contribution >= 0.6 is 0 Å². The van der Waals surface area contributed by atoms with E-state index in [1.165, 1.54) is 25.1 Å². The van der Waals surface area contributed by atoms with E-state index in [-0.39, 0.29) is 5.95 Å². The number of aromatic amines is 1. The van der Waals surface area contributed by atoms with Gasteiger partial charge in [0.05, 0.1) is 5.25 Å². The number of nitrogen functional groups attached to an aromatic ring is 1. The Morgan fingerprint density at radius 2 is 1.85 bits per heavy atom. The summed E-state index contributed by atoms with van der Waals surface area (Å²) in [4.78, 5) is 2.84. The van der Waals surface area contributed by atoms with Crippen molar-refractivity contribution in [2.24, 2.45) is 0 Å². The summed E-state index contributed by atoms with van der Waals surface area (Å²) in [6, 6.07) is 10.5. The number of H-pyrrole nitrogens is 1. The van der Waals surface area contributed by atoms with Crippen LogP contribution in [0.4, 0.5) is 10.3 Å². The number of aliphatic hydroxyl groups is 1. The Kier molecular flexibility index (Phi) is 4.28. The van der Waals surface area contributed by atoms with Crippen LogP contribution in [0.5, 0.6) is 0 Å². The van der Waals surface area contributed by atoms with E-state index in [9.17, 15) is 17.9 Å². The summed E-state index contributed by atoms with van der Waals surface area (Å²) in [6.45, 7) is 4.65. The van der Waals surface area contributed by atoms with Crippen LogP contribution in [0.1, 0.15) is 31.9 Å². The van der Waals surface area contributed by atoms with Crippen LogP contribution in [0.3, 0.4) is 0 Å². The van der Waals surface area contributed by atoms with Crippen LogP contribution in [-0.4, -0.2) is 23.8 Å². The molecule has 2 aromatic carbocycles. The number of fused-ring (bicyclic) bond motifs is 1. The number of nitrogens with two attached hydrogens (primary N) is 1. The third kappa shape index (κ3) is 2.85. The van der Waals surface area contributed by atoms with Crippen LogP contribution < -0.4 is 9.71 Å². The van der Waals surface area contributed by atoms with Gasteiger partial charge in [0, 0.05) is 0 Å². The normalized spacial score (nSPS) is 14.7.